The zero-order valence-corrected chi connectivity index (χ0v) is 16.3. The Hall–Kier alpha value is -1.40. The van der Waals surface area contributed by atoms with E-state index in [4.69, 9.17) is 0 Å². The summed E-state index contributed by atoms with van der Waals surface area (Å²) in [7, 11) is -3.52. The second-order valence-corrected chi connectivity index (χ2v) is 9.55. The van der Waals surface area contributed by atoms with Gasteiger partial charge in [-0.2, -0.15) is 4.31 Å². The van der Waals surface area contributed by atoms with Crippen LogP contribution in [0.5, 0.6) is 0 Å². The van der Waals surface area contributed by atoms with Crippen molar-refractivity contribution in [3.8, 4) is 0 Å². The monoisotopic (exact) mass is 352 g/mol. The predicted octanol–water partition coefficient (Wildman–Crippen LogP) is 2.49. The molecule has 0 aliphatic carbocycles. The van der Waals surface area contributed by atoms with Crippen molar-refractivity contribution in [2.24, 2.45) is 5.41 Å². The molecule has 1 aliphatic rings. The smallest absolute Gasteiger partial charge is 0.243 e. The molecule has 24 heavy (non-hydrogen) atoms. The summed E-state index contributed by atoms with van der Waals surface area (Å²) >= 11 is 0. The molecule has 1 saturated heterocycles. The Morgan fingerprint density at radius 3 is 1.92 bits per heavy atom. The number of carbonyl (C=O) groups excluding carboxylic acids is 1. The van der Waals surface area contributed by atoms with Gasteiger partial charge in [-0.1, -0.05) is 26.8 Å². The summed E-state index contributed by atoms with van der Waals surface area (Å²) in [5.41, 5.74) is 2.39. The van der Waals surface area contributed by atoms with Crippen LogP contribution in [0.4, 0.5) is 0 Å². The Labute approximate surface area is 145 Å². The minimum absolute atomic E-state index is 0.0712. The van der Waals surface area contributed by atoms with Gasteiger partial charge in [-0.15, -0.1) is 0 Å². The lowest BCUT2D eigenvalue weighted by molar-refractivity contribution is -0.140. The van der Waals surface area contributed by atoms with E-state index < -0.39 is 15.4 Å². The second-order valence-electron chi connectivity index (χ2n) is 7.65. The Morgan fingerprint density at radius 1 is 0.917 bits per heavy atom. The first-order chi connectivity index (χ1) is 10.9. The molecule has 1 amide bonds. The highest BCUT2D eigenvalue weighted by Gasteiger charge is 2.34. The summed E-state index contributed by atoms with van der Waals surface area (Å²) in [5, 5.41) is 0. The molecule has 0 spiro atoms. The van der Waals surface area contributed by atoms with Gasteiger partial charge in [-0.3, -0.25) is 4.79 Å². The van der Waals surface area contributed by atoms with E-state index in [2.05, 4.69) is 0 Å². The van der Waals surface area contributed by atoms with Crippen LogP contribution in [0.25, 0.3) is 0 Å². The molecule has 0 aromatic heterocycles. The number of aryl methyl sites for hydroxylation is 3. The highest BCUT2D eigenvalue weighted by Crippen LogP contribution is 2.25. The number of carbonyl (C=O) groups is 1. The van der Waals surface area contributed by atoms with Gasteiger partial charge in [0, 0.05) is 31.6 Å². The number of rotatable bonds is 2. The van der Waals surface area contributed by atoms with E-state index in [1.165, 1.54) is 4.31 Å². The molecule has 1 aliphatic heterocycles. The first kappa shape index (κ1) is 18.9. The topological polar surface area (TPSA) is 57.7 Å². The lowest BCUT2D eigenvalue weighted by Gasteiger charge is -2.37. The van der Waals surface area contributed by atoms with Crippen LogP contribution in [0, 0.1) is 26.2 Å². The van der Waals surface area contributed by atoms with Crippen molar-refractivity contribution < 1.29 is 13.2 Å². The molecule has 1 fully saturated rings. The van der Waals surface area contributed by atoms with Crippen molar-refractivity contribution in [3.05, 3.63) is 28.8 Å². The van der Waals surface area contributed by atoms with E-state index in [1.54, 1.807) is 11.0 Å². The van der Waals surface area contributed by atoms with Gasteiger partial charge >= 0.3 is 0 Å². The summed E-state index contributed by atoms with van der Waals surface area (Å²) in [4.78, 5) is 14.5. The normalized spacial score (nSPS) is 17.2. The van der Waals surface area contributed by atoms with Gasteiger partial charge in [-0.05, 0) is 43.5 Å². The van der Waals surface area contributed by atoms with Crippen molar-refractivity contribution >= 4 is 15.9 Å². The molecular formula is C18H28N2O3S. The summed E-state index contributed by atoms with van der Waals surface area (Å²) in [6.07, 6.45) is 0. The molecule has 1 aromatic rings. The first-order valence-corrected chi connectivity index (χ1v) is 9.76. The Kier molecular flexibility index (Phi) is 5.11. The molecule has 0 saturated carbocycles. The average molecular weight is 353 g/mol. The molecule has 0 unspecified atom stereocenters. The van der Waals surface area contributed by atoms with Gasteiger partial charge in [-0.25, -0.2) is 8.42 Å². The van der Waals surface area contributed by atoms with Gasteiger partial charge in [0.15, 0.2) is 0 Å². The molecule has 1 heterocycles. The lowest BCUT2D eigenvalue weighted by Crippen LogP contribution is -2.53. The molecular weight excluding hydrogens is 324 g/mol. The van der Waals surface area contributed by atoms with E-state index in [0.717, 1.165) is 16.7 Å². The fourth-order valence-electron chi connectivity index (χ4n) is 2.96. The van der Waals surface area contributed by atoms with Crippen LogP contribution in [0.2, 0.25) is 0 Å². The fraction of sp³-hybridized carbons (Fsp3) is 0.611. The van der Waals surface area contributed by atoms with Crippen molar-refractivity contribution in [3.63, 3.8) is 0 Å². The maximum absolute atomic E-state index is 13.0. The van der Waals surface area contributed by atoms with Gasteiger partial charge in [0.05, 0.1) is 4.90 Å². The first-order valence-electron chi connectivity index (χ1n) is 8.32. The zero-order chi connectivity index (χ0) is 18.3. The summed E-state index contributed by atoms with van der Waals surface area (Å²) < 4.78 is 27.4. The van der Waals surface area contributed by atoms with Crippen LogP contribution in [0.3, 0.4) is 0 Å². The summed E-state index contributed by atoms with van der Waals surface area (Å²) in [6, 6.07) is 3.67. The minimum atomic E-state index is -3.52. The molecule has 6 heteroatoms. The van der Waals surface area contributed by atoms with Gasteiger partial charge < -0.3 is 4.90 Å². The lowest BCUT2D eigenvalue weighted by atomic mass is 9.94. The van der Waals surface area contributed by atoms with Crippen LogP contribution in [0.15, 0.2) is 17.0 Å². The van der Waals surface area contributed by atoms with Crippen molar-refractivity contribution in [2.45, 2.75) is 46.4 Å². The molecule has 1 aromatic carbocycles. The summed E-state index contributed by atoms with van der Waals surface area (Å²) in [6.45, 7) is 13.0. The van der Waals surface area contributed by atoms with E-state index in [0.29, 0.717) is 31.1 Å². The maximum Gasteiger partial charge on any atom is 0.243 e. The highest BCUT2D eigenvalue weighted by atomic mass is 32.2. The number of benzene rings is 1. The SMILES string of the molecule is Cc1cc(C)c(S(=O)(=O)N2CCN(C(=O)C(C)(C)C)CC2)cc1C. The van der Waals surface area contributed by atoms with E-state index in [1.807, 2.05) is 47.6 Å². The van der Waals surface area contributed by atoms with Gasteiger partial charge in [0.25, 0.3) is 0 Å². The second kappa shape index (κ2) is 6.48. The zero-order valence-electron chi connectivity index (χ0n) is 15.5. The predicted molar refractivity (Wildman–Crippen MR) is 95.4 cm³/mol. The highest BCUT2D eigenvalue weighted by molar-refractivity contribution is 7.89. The van der Waals surface area contributed by atoms with E-state index in [-0.39, 0.29) is 5.91 Å². The van der Waals surface area contributed by atoms with Gasteiger partial charge in [0.1, 0.15) is 0 Å². The largest absolute Gasteiger partial charge is 0.340 e. The van der Waals surface area contributed by atoms with Crippen molar-refractivity contribution in [1.29, 1.82) is 0 Å². The van der Waals surface area contributed by atoms with Crippen molar-refractivity contribution in [2.75, 3.05) is 26.2 Å². The Bertz CT molecular complexity index is 740. The number of sulfonamides is 1. The molecule has 0 atom stereocenters. The Morgan fingerprint density at radius 2 is 1.42 bits per heavy atom. The average Bonchev–Trinajstić information content (AvgIpc) is 2.49. The number of amides is 1. The number of piperazine rings is 1. The van der Waals surface area contributed by atoms with Crippen LogP contribution in [-0.2, 0) is 14.8 Å². The molecule has 5 nitrogen and oxygen atoms in total. The van der Waals surface area contributed by atoms with Crippen LogP contribution >= 0.6 is 0 Å². The molecule has 0 bridgehead atoms. The van der Waals surface area contributed by atoms with Crippen LogP contribution < -0.4 is 0 Å². The maximum atomic E-state index is 13.0. The molecule has 134 valence electrons. The molecule has 2 rings (SSSR count). The van der Waals surface area contributed by atoms with Gasteiger partial charge in [0.2, 0.25) is 15.9 Å². The third-order valence-electron chi connectivity index (χ3n) is 4.58. The summed E-state index contributed by atoms with van der Waals surface area (Å²) in [5.74, 6) is 0.0712. The molecule has 0 radical (unpaired) electrons. The number of hydrogen-bond acceptors (Lipinski definition) is 3. The quantitative estimate of drug-likeness (QED) is 0.822. The fourth-order valence-corrected chi connectivity index (χ4v) is 4.67. The van der Waals surface area contributed by atoms with Crippen molar-refractivity contribution in [1.82, 2.24) is 9.21 Å². The third-order valence-corrected chi connectivity index (χ3v) is 6.62. The van der Waals surface area contributed by atoms with E-state index in [9.17, 15) is 13.2 Å². The standard InChI is InChI=1S/C18H28N2O3S/c1-13-11-15(3)16(12-14(13)2)24(22,23)20-9-7-19(8-10-20)17(21)18(4,5)6/h11-12H,7-10H2,1-6H3. The number of nitrogens with zero attached hydrogens (tertiary/aromatic N) is 2. The Balaban J connectivity index is 2.19. The minimum Gasteiger partial charge on any atom is -0.340 e. The third kappa shape index (κ3) is 3.64. The molecule has 0 N–H and O–H groups in total. The number of hydrogen-bond donors (Lipinski definition) is 0. The van der Waals surface area contributed by atoms with Crippen LogP contribution in [0.1, 0.15) is 37.5 Å². The van der Waals surface area contributed by atoms with E-state index >= 15 is 0 Å². The van der Waals surface area contributed by atoms with Crippen LogP contribution in [-0.4, -0.2) is 49.7 Å².